The molecule has 3 aliphatic rings. The zero-order valence-electron chi connectivity index (χ0n) is 30.1. The van der Waals surface area contributed by atoms with Crippen LogP contribution in [0.5, 0.6) is 0 Å². The molecule has 0 unspecified atom stereocenters. The van der Waals surface area contributed by atoms with Gasteiger partial charge in [0, 0.05) is 42.6 Å². The first-order valence-corrected chi connectivity index (χ1v) is 19.7. The lowest BCUT2D eigenvalue weighted by molar-refractivity contribution is 0.660. The summed E-state index contributed by atoms with van der Waals surface area (Å²) in [7, 11) is 0. The SMILES string of the molecule is CC1(C)c2ccccc2-c2ccc(N(c3ccc4c(c3)-c3ccccc3C43c4ccccc4-c4ccccc43)c3ccc4sc5ccccc5c4c3)cc21. The van der Waals surface area contributed by atoms with Crippen molar-refractivity contribution in [3.05, 3.63) is 209 Å². The third-order valence-electron chi connectivity index (χ3n) is 12.7. The molecule has 0 saturated heterocycles. The molecule has 254 valence electrons. The second kappa shape index (κ2) is 10.7. The number of rotatable bonds is 3. The number of nitrogens with zero attached hydrogens (tertiary/aromatic N) is 1. The highest BCUT2D eigenvalue weighted by atomic mass is 32.1. The minimum Gasteiger partial charge on any atom is -0.310 e. The van der Waals surface area contributed by atoms with E-state index in [9.17, 15) is 0 Å². The van der Waals surface area contributed by atoms with Crippen LogP contribution in [-0.2, 0) is 10.8 Å². The summed E-state index contributed by atoms with van der Waals surface area (Å²) in [5.74, 6) is 0. The van der Waals surface area contributed by atoms with Gasteiger partial charge in [-0.2, -0.15) is 0 Å². The van der Waals surface area contributed by atoms with Gasteiger partial charge in [0.15, 0.2) is 0 Å². The van der Waals surface area contributed by atoms with Gasteiger partial charge in [0.1, 0.15) is 0 Å². The Morgan fingerprint density at radius 2 is 0.815 bits per heavy atom. The zero-order chi connectivity index (χ0) is 35.8. The molecular weight excluding hydrogens is 671 g/mol. The minimum atomic E-state index is -0.361. The molecule has 3 aliphatic carbocycles. The van der Waals surface area contributed by atoms with Crippen molar-refractivity contribution in [1.82, 2.24) is 0 Å². The van der Waals surface area contributed by atoms with Gasteiger partial charge in [0.05, 0.1) is 5.41 Å². The summed E-state index contributed by atoms with van der Waals surface area (Å²) in [6.07, 6.45) is 0. The first kappa shape index (κ1) is 30.3. The molecule has 0 amide bonds. The van der Waals surface area contributed by atoms with Gasteiger partial charge in [0.25, 0.3) is 0 Å². The van der Waals surface area contributed by atoms with E-state index in [4.69, 9.17) is 0 Å². The van der Waals surface area contributed by atoms with Crippen LogP contribution >= 0.6 is 11.3 Å². The molecule has 0 aliphatic heterocycles. The van der Waals surface area contributed by atoms with Crippen molar-refractivity contribution in [2.24, 2.45) is 0 Å². The average molecular weight is 706 g/mol. The number of thiophene rings is 1. The molecule has 0 atom stereocenters. The maximum atomic E-state index is 2.50. The van der Waals surface area contributed by atoms with E-state index in [1.165, 1.54) is 92.6 Å². The Kier molecular flexibility index (Phi) is 5.99. The predicted molar refractivity (Wildman–Crippen MR) is 228 cm³/mol. The predicted octanol–water partition coefficient (Wildman–Crippen LogP) is 14.2. The summed E-state index contributed by atoms with van der Waals surface area (Å²) in [6.45, 7) is 4.75. The van der Waals surface area contributed by atoms with E-state index >= 15 is 0 Å². The largest absolute Gasteiger partial charge is 0.310 e. The van der Waals surface area contributed by atoms with Crippen molar-refractivity contribution in [3.63, 3.8) is 0 Å². The van der Waals surface area contributed by atoms with E-state index in [0.717, 1.165) is 11.4 Å². The van der Waals surface area contributed by atoms with Crippen LogP contribution in [0, 0.1) is 0 Å². The third-order valence-corrected chi connectivity index (χ3v) is 13.8. The molecule has 0 radical (unpaired) electrons. The molecule has 54 heavy (non-hydrogen) atoms. The van der Waals surface area contributed by atoms with Crippen molar-refractivity contribution in [2.45, 2.75) is 24.7 Å². The summed E-state index contributed by atoms with van der Waals surface area (Å²) in [5, 5.41) is 2.62. The van der Waals surface area contributed by atoms with E-state index in [0.29, 0.717) is 0 Å². The lowest BCUT2D eigenvalue weighted by Crippen LogP contribution is -2.25. The van der Waals surface area contributed by atoms with E-state index < -0.39 is 0 Å². The number of fused-ring (bicyclic) bond motifs is 16. The molecule has 1 aromatic heterocycles. The Labute approximate surface area is 319 Å². The van der Waals surface area contributed by atoms with Crippen LogP contribution in [0.2, 0.25) is 0 Å². The highest BCUT2D eigenvalue weighted by Crippen LogP contribution is 2.63. The molecular formula is C52H35NS. The van der Waals surface area contributed by atoms with Crippen molar-refractivity contribution in [2.75, 3.05) is 4.90 Å². The highest BCUT2D eigenvalue weighted by Gasteiger charge is 2.51. The smallest absolute Gasteiger partial charge is 0.0725 e. The van der Waals surface area contributed by atoms with Gasteiger partial charge in [0.2, 0.25) is 0 Å². The quantitative estimate of drug-likeness (QED) is 0.177. The average Bonchev–Trinajstić information content (AvgIpc) is 3.90. The van der Waals surface area contributed by atoms with E-state index in [1.54, 1.807) is 0 Å². The van der Waals surface area contributed by atoms with Gasteiger partial charge >= 0.3 is 0 Å². The minimum absolute atomic E-state index is 0.104. The van der Waals surface area contributed by atoms with Crippen LogP contribution in [0.25, 0.3) is 53.6 Å². The lowest BCUT2D eigenvalue weighted by atomic mass is 9.70. The topological polar surface area (TPSA) is 3.24 Å². The monoisotopic (exact) mass is 705 g/mol. The molecule has 1 heterocycles. The van der Waals surface area contributed by atoms with Gasteiger partial charge in [-0.1, -0.05) is 141 Å². The fourth-order valence-corrected chi connectivity index (χ4v) is 11.4. The van der Waals surface area contributed by atoms with Gasteiger partial charge < -0.3 is 4.90 Å². The normalized spacial score (nSPS) is 14.8. The van der Waals surface area contributed by atoms with Gasteiger partial charge in [-0.25, -0.2) is 0 Å². The zero-order valence-corrected chi connectivity index (χ0v) is 30.9. The van der Waals surface area contributed by atoms with E-state index in [2.05, 4.69) is 195 Å². The van der Waals surface area contributed by atoms with Gasteiger partial charge in [-0.3, -0.25) is 0 Å². The highest BCUT2D eigenvalue weighted by molar-refractivity contribution is 7.25. The van der Waals surface area contributed by atoms with E-state index in [-0.39, 0.29) is 10.8 Å². The van der Waals surface area contributed by atoms with Crippen LogP contribution in [0.3, 0.4) is 0 Å². The molecule has 0 saturated carbocycles. The van der Waals surface area contributed by atoms with Gasteiger partial charge in [-0.05, 0) is 115 Å². The Balaban J connectivity index is 1.11. The second-order valence-electron chi connectivity index (χ2n) is 15.6. The van der Waals surface area contributed by atoms with Crippen LogP contribution in [0.1, 0.15) is 47.2 Å². The maximum Gasteiger partial charge on any atom is 0.0725 e. The molecule has 12 rings (SSSR count). The summed E-state index contributed by atoms with van der Waals surface area (Å²) in [4.78, 5) is 2.50. The molecule has 0 fully saturated rings. The van der Waals surface area contributed by atoms with Crippen molar-refractivity contribution in [3.8, 4) is 33.4 Å². The molecule has 8 aromatic carbocycles. The first-order valence-electron chi connectivity index (χ1n) is 18.9. The van der Waals surface area contributed by atoms with Crippen LogP contribution < -0.4 is 4.90 Å². The van der Waals surface area contributed by atoms with Crippen molar-refractivity contribution < 1.29 is 0 Å². The molecule has 1 nitrogen and oxygen atoms in total. The van der Waals surface area contributed by atoms with Crippen molar-refractivity contribution >= 4 is 48.6 Å². The van der Waals surface area contributed by atoms with Gasteiger partial charge in [-0.15, -0.1) is 11.3 Å². The second-order valence-corrected chi connectivity index (χ2v) is 16.7. The molecule has 2 heteroatoms. The molecule has 0 N–H and O–H groups in total. The maximum absolute atomic E-state index is 2.50. The fraction of sp³-hybridized carbons (Fsp3) is 0.0769. The standard InChI is InChI=1S/C52H35NS/c1-51(2)43-18-8-3-13-35(43)39-26-23-34(31-48(39)51)53(33-25-28-50-42(30-33)40-17-7-12-22-49(40)54-50)32-24-27-47-41(29-32)38-16-6-11-21-46(38)52(47)44-19-9-4-14-36(44)37-15-5-10-20-45(37)52/h3-31H,1-2H3. The third kappa shape index (κ3) is 3.78. The number of hydrogen-bond donors (Lipinski definition) is 0. The lowest BCUT2D eigenvalue weighted by Gasteiger charge is -2.31. The van der Waals surface area contributed by atoms with Crippen LogP contribution in [0.15, 0.2) is 176 Å². The molecule has 0 bridgehead atoms. The Hall–Kier alpha value is -6.22. The summed E-state index contributed by atoms with van der Waals surface area (Å²) in [6, 6.07) is 66.4. The van der Waals surface area contributed by atoms with E-state index in [1.807, 2.05) is 11.3 Å². The van der Waals surface area contributed by atoms with Crippen LogP contribution in [0.4, 0.5) is 17.1 Å². The van der Waals surface area contributed by atoms with Crippen molar-refractivity contribution in [1.29, 1.82) is 0 Å². The molecule has 1 spiro atoms. The number of benzene rings is 8. The summed E-state index contributed by atoms with van der Waals surface area (Å²) >= 11 is 1.87. The first-order chi connectivity index (χ1) is 26.5. The number of anilines is 3. The summed E-state index contributed by atoms with van der Waals surface area (Å²) < 4.78 is 2.64. The Bertz CT molecular complexity index is 3010. The summed E-state index contributed by atoms with van der Waals surface area (Å²) in [5.41, 5.74) is 19.2. The Morgan fingerprint density at radius 3 is 1.52 bits per heavy atom. The molecule has 9 aromatic rings. The fourth-order valence-electron chi connectivity index (χ4n) is 10.4. The number of hydrogen-bond acceptors (Lipinski definition) is 2. The van der Waals surface area contributed by atoms with Crippen LogP contribution in [-0.4, -0.2) is 0 Å². The Morgan fingerprint density at radius 1 is 0.352 bits per heavy atom.